The fraction of sp³-hybridized carbons (Fsp3) is 0.667. The third-order valence-electron chi connectivity index (χ3n) is 5.18. The molecule has 0 bridgehead atoms. The molecule has 0 aromatic carbocycles. The van der Waals surface area contributed by atoms with Gasteiger partial charge in [-0.05, 0) is 43.2 Å². The molecule has 0 saturated carbocycles. The molecule has 0 radical (unpaired) electrons. The summed E-state index contributed by atoms with van der Waals surface area (Å²) in [5, 5.41) is 11.0. The fourth-order valence-electron chi connectivity index (χ4n) is 3.65. The van der Waals surface area contributed by atoms with Gasteiger partial charge in [-0.3, -0.25) is 4.79 Å². The van der Waals surface area contributed by atoms with E-state index in [2.05, 4.69) is 11.4 Å². The number of amides is 1. The monoisotopic (exact) mass is 393 g/mol. The van der Waals surface area contributed by atoms with Gasteiger partial charge in [0.25, 0.3) is 5.91 Å². The highest BCUT2D eigenvalue weighted by Gasteiger charge is 2.31. The first-order valence-corrected chi connectivity index (χ1v) is 11.1. The third kappa shape index (κ3) is 6.06. The maximum Gasteiger partial charge on any atom is 0.288 e. The van der Waals surface area contributed by atoms with Crippen molar-refractivity contribution in [2.75, 3.05) is 26.3 Å². The molecule has 1 N–H and O–H groups in total. The Balaban J connectivity index is 1.68. The number of aliphatic hydroxyl groups is 1. The van der Waals surface area contributed by atoms with Crippen LogP contribution in [0.3, 0.4) is 0 Å². The van der Waals surface area contributed by atoms with Crippen LogP contribution in [0.1, 0.15) is 62.2 Å². The zero-order chi connectivity index (χ0) is 18.9. The zero-order valence-corrected chi connectivity index (χ0v) is 16.8. The number of rotatable bonds is 7. The van der Waals surface area contributed by atoms with Crippen LogP contribution >= 0.6 is 11.3 Å². The molecule has 2 aliphatic heterocycles. The number of allylic oxidation sites excluding steroid dienone is 1. The van der Waals surface area contributed by atoms with Gasteiger partial charge < -0.3 is 19.5 Å². The predicted octanol–water partition coefficient (Wildman–Crippen LogP) is 4.04. The first-order valence-electron chi connectivity index (χ1n) is 10.2. The Kier molecular flexibility index (Phi) is 8.17. The zero-order valence-electron chi connectivity index (χ0n) is 16.0. The van der Waals surface area contributed by atoms with E-state index in [-0.39, 0.29) is 18.4 Å². The van der Waals surface area contributed by atoms with Crippen LogP contribution in [0.2, 0.25) is 0 Å². The average molecular weight is 394 g/mol. The summed E-state index contributed by atoms with van der Waals surface area (Å²) in [7, 11) is 0. The van der Waals surface area contributed by atoms with Crippen LogP contribution in [0.25, 0.3) is 0 Å². The van der Waals surface area contributed by atoms with Gasteiger partial charge in [-0.25, -0.2) is 0 Å². The predicted molar refractivity (Wildman–Crippen MR) is 107 cm³/mol. The van der Waals surface area contributed by atoms with E-state index < -0.39 is 6.29 Å². The van der Waals surface area contributed by atoms with E-state index in [1.807, 2.05) is 17.0 Å². The standard InChI is InChI=1S/C21H31NO4S/c23-12-6-7-13-25-20-16-17(19-9-8-14-27-19)15-18(26-20)21(24)22-10-4-2-1-3-5-11-22/h8-9,14-15,17,20,23H,1-7,10-13,16H2/t17-,20+/m0/s1. The molecule has 5 nitrogen and oxygen atoms in total. The molecule has 1 aromatic heterocycles. The number of hydrogen-bond donors (Lipinski definition) is 1. The molecule has 1 aromatic rings. The number of unbranched alkanes of at least 4 members (excludes halogenated alkanes) is 1. The summed E-state index contributed by atoms with van der Waals surface area (Å²) in [5.74, 6) is 0.588. The molecular weight excluding hydrogens is 362 g/mol. The number of nitrogens with zero attached hydrogens (tertiary/aromatic N) is 1. The SMILES string of the molecule is O=C(C1=C[C@H](c2cccs2)C[C@H](OCCCCO)O1)N1CCCCCCC1. The Morgan fingerprint density at radius 2 is 2.00 bits per heavy atom. The summed E-state index contributed by atoms with van der Waals surface area (Å²) in [5.41, 5.74) is 0. The highest BCUT2D eigenvalue weighted by Crippen LogP contribution is 2.34. The van der Waals surface area contributed by atoms with E-state index in [0.717, 1.165) is 45.2 Å². The Bertz CT molecular complexity index is 593. The smallest absolute Gasteiger partial charge is 0.288 e. The summed E-state index contributed by atoms with van der Waals surface area (Å²) in [6, 6.07) is 4.15. The lowest BCUT2D eigenvalue weighted by molar-refractivity contribution is -0.153. The minimum atomic E-state index is -0.408. The largest absolute Gasteiger partial charge is 0.459 e. The Morgan fingerprint density at radius 1 is 1.22 bits per heavy atom. The molecule has 2 aliphatic rings. The molecule has 3 heterocycles. The van der Waals surface area contributed by atoms with Gasteiger partial charge >= 0.3 is 0 Å². The molecule has 2 atom stereocenters. The lowest BCUT2D eigenvalue weighted by atomic mass is 9.99. The second kappa shape index (κ2) is 10.8. The topological polar surface area (TPSA) is 59.0 Å². The Labute approximate surface area is 166 Å². The molecule has 1 saturated heterocycles. The molecule has 27 heavy (non-hydrogen) atoms. The van der Waals surface area contributed by atoms with Crippen LogP contribution in [0.4, 0.5) is 0 Å². The molecule has 150 valence electrons. The van der Waals surface area contributed by atoms with Crippen molar-refractivity contribution in [3.8, 4) is 0 Å². The molecule has 3 rings (SSSR count). The lowest BCUT2D eigenvalue weighted by Crippen LogP contribution is -2.38. The van der Waals surface area contributed by atoms with E-state index in [4.69, 9.17) is 14.6 Å². The first-order chi connectivity index (χ1) is 13.3. The van der Waals surface area contributed by atoms with Gasteiger partial charge in [0.15, 0.2) is 5.76 Å². The minimum Gasteiger partial charge on any atom is -0.459 e. The summed E-state index contributed by atoms with van der Waals surface area (Å²) in [6.45, 7) is 2.33. The van der Waals surface area contributed by atoms with Gasteiger partial charge in [-0.15, -0.1) is 11.3 Å². The molecule has 0 aliphatic carbocycles. The van der Waals surface area contributed by atoms with Gasteiger partial charge in [-0.2, -0.15) is 0 Å². The van der Waals surface area contributed by atoms with Gasteiger partial charge in [0.2, 0.25) is 6.29 Å². The van der Waals surface area contributed by atoms with Gasteiger partial charge in [0, 0.05) is 36.9 Å². The average Bonchev–Trinajstić information content (AvgIpc) is 3.19. The number of likely N-dealkylation sites (tertiary alicyclic amines) is 1. The molecule has 1 amide bonds. The number of carbonyl (C=O) groups is 1. The maximum atomic E-state index is 13.1. The highest BCUT2D eigenvalue weighted by molar-refractivity contribution is 7.10. The van der Waals surface area contributed by atoms with Crippen molar-refractivity contribution in [3.05, 3.63) is 34.2 Å². The number of thiophene rings is 1. The van der Waals surface area contributed by atoms with Crippen LogP contribution < -0.4 is 0 Å². The van der Waals surface area contributed by atoms with Crippen LogP contribution in [-0.2, 0) is 14.3 Å². The van der Waals surface area contributed by atoms with Crippen molar-refractivity contribution in [2.24, 2.45) is 0 Å². The number of aliphatic hydroxyl groups excluding tert-OH is 1. The van der Waals surface area contributed by atoms with E-state index >= 15 is 0 Å². The highest BCUT2D eigenvalue weighted by atomic mass is 32.1. The Hall–Kier alpha value is -1.37. The summed E-state index contributed by atoms with van der Waals surface area (Å²) in [6.07, 6.45) is 9.59. The van der Waals surface area contributed by atoms with Crippen molar-refractivity contribution >= 4 is 17.2 Å². The number of ether oxygens (including phenoxy) is 2. The van der Waals surface area contributed by atoms with Gasteiger partial charge in [0.05, 0.1) is 6.61 Å². The van der Waals surface area contributed by atoms with Crippen molar-refractivity contribution in [1.82, 2.24) is 4.90 Å². The van der Waals surface area contributed by atoms with Crippen LogP contribution in [0, 0.1) is 0 Å². The van der Waals surface area contributed by atoms with E-state index in [9.17, 15) is 4.79 Å². The molecule has 0 spiro atoms. The van der Waals surface area contributed by atoms with E-state index in [1.165, 1.54) is 24.1 Å². The lowest BCUT2D eigenvalue weighted by Gasteiger charge is -2.32. The van der Waals surface area contributed by atoms with Crippen molar-refractivity contribution < 1.29 is 19.4 Å². The van der Waals surface area contributed by atoms with Gasteiger partial charge in [-0.1, -0.05) is 25.3 Å². The van der Waals surface area contributed by atoms with Crippen LogP contribution in [0.15, 0.2) is 29.3 Å². The van der Waals surface area contributed by atoms with Crippen molar-refractivity contribution in [1.29, 1.82) is 0 Å². The molecule has 6 heteroatoms. The van der Waals surface area contributed by atoms with E-state index in [1.54, 1.807) is 11.3 Å². The van der Waals surface area contributed by atoms with Gasteiger partial charge in [0.1, 0.15) is 0 Å². The second-order valence-electron chi connectivity index (χ2n) is 7.30. The second-order valence-corrected chi connectivity index (χ2v) is 8.28. The Morgan fingerprint density at radius 3 is 2.70 bits per heavy atom. The van der Waals surface area contributed by atoms with Crippen LogP contribution in [-0.4, -0.2) is 48.5 Å². The van der Waals surface area contributed by atoms with E-state index in [0.29, 0.717) is 12.4 Å². The fourth-order valence-corrected chi connectivity index (χ4v) is 4.46. The molecular formula is C21H31NO4S. The normalized spacial score (nSPS) is 23.9. The third-order valence-corrected chi connectivity index (χ3v) is 6.18. The number of carbonyl (C=O) groups excluding carboxylic acids is 1. The first kappa shape index (κ1) is 20.4. The molecule has 0 unspecified atom stereocenters. The summed E-state index contributed by atoms with van der Waals surface area (Å²) < 4.78 is 11.9. The van der Waals surface area contributed by atoms with Crippen LogP contribution in [0.5, 0.6) is 0 Å². The summed E-state index contributed by atoms with van der Waals surface area (Å²) in [4.78, 5) is 16.3. The molecule has 1 fully saturated rings. The quantitative estimate of drug-likeness (QED) is 0.710. The maximum absolute atomic E-state index is 13.1. The van der Waals surface area contributed by atoms with Crippen molar-refractivity contribution in [3.63, 3.8) is 0 Å². The minimum absolute atomic E-state index is 0.00196. The summed E-state index contributed by atoms with van der Waals surface area (Å²) >= 11 is 1.71. The van der Waals surface area contributed by atoms with Crippen molar-refractivity contribution in [2.45, 2.75) is 63.6 Å². The number of hydrogen-bond acceptors (Lipinski definition) is 5.